The number of anilines is 1. The molecule has 0 unspecified atom stereocenters. The number of hydrogen-bond donors (Lipinski definition) is 1. The highest BCUT2D eigenvalue weighted by Crippen LogP contribution is 2.34. The highest BCUT2D eigenvalue weighted by atomic mass is 16.6. The number of para-hydroxylation sites is 1. The van der Waals surface area contributed by atoms with Crippen LogP contribution in [0, 0.1) is 17.0 Å². The van der Waals surface area contributed by atoms with Gasteiger partial charge < -0.3 is 20.0 Å². The van der Waals surface area contributed by atoms with Crippen LogP contribution in [0.1, 0.15) is 30.3 Å². The van der Waals surface area contributed by atoms with Gasteiger partial charge in [0.2, 0.25) is 11.6 Å². The van der Waals surface area contributed by atoms with E-state index in [1.54, 1.807) is 11.5 Å². The Morgan fingerprint density at radius 1 is 1.37 bits per heavy atom. The summed E-state index contributed by atoms with van der Waals surface area (Å²) in [6.07, 6.45) is 6.09. The van der Waals surface area contributed by atoms with Gasteiger partial charge in [0.05, 0.1) is 0 Å². The number of aromatic amines is 1. The van der Waals surface area contributed by atoms with Crippen LogP contribution >= 0.6 is 0 Å². The molecule has 0 radical (unpaired) electrons. The van der Waals surface area contributed by atoms with Gasteiger partial charge in [-0.05, 0) is 33.9 Å². The van der Waals surface area contributed by atoms with Crippen molar-refractivity contribution in [3.8, 4) is 0 Å². The van der Waals surface area contributed by atoms with Gasteiger partial charge in [0, 0.05) is 49.7 Å². The quantitative estimate of drug-likeness (QED) is 0.560. The van der Waals surface area contributed by atoms with E-state index in [2.05, 4.69) is 47.4 Å². The molecule has 0 amide bonds. The Morgan fingerprint density at radius 2 is 2.19 bits per heavy atom. The molecular weight excluding hydrogens is 342 g/mol. The number of benzene rings is 1. The molecule has 0 saturated heterocycles. The fourth-order valence-corrected chi connectivity index (χ4v) is 3.94. The zero-order valence-corrected chi connectivity index (χ0v) is 15.8. The van der Waals surface area contributed by atoms with Gasteiger partial charge in [-0.3, -0.25) is 4.57 Å². The lowest BCUT2D eigenvalue weighted by molar-refractivity contribution is -0.388. The van der Waals surface area contributed by atoms with E-state index in [0.717, 1.165) is 19.4 Å². The van der Waals surface area contributed by atoms with E-state index >= 15 is 0 Å². The summed E-state index contributed by atoms with van der Waals surface area (Å²) in [5.74, 6) is 1.17. The van der Waals surface area contributed by atoms with Crippen molar-refractivity contribution in [2.45, 2.75) is 26.7 Å². The SMILES string of the molecule is CCc1cccc2c(C3=CCN(c4c([N+](=O)[O-])nc(C)n4C)CC3)c[nH]c12. The highest BCUT2D eigenvalue weighted by molar-refractivity contribution is 5.94. The molecule has 0 fully saturated rings. The topological polar surface area (TPSA) is 80.0 Å². The van der Waals surface area contributed by atoms with E-state index in [0.29, 0.717) is 18.2 Å². The van der Waals surface area contributed by atoms with Crippen molar-refractivity contribution < 1.29 is 4.92 Å². The maximum absolute atomic E-state index is 11.4. The van der Waals surface area contributed by atoms with Crippen LogP contribution in [0.25, 0.3) is 16.5 Å². The lowest BCUT2D eigenvalue weighted by Gasteiger charge is -2.27. The standard InChI is InChI=1S/C20H23N5O2/c1-4-14-6-5-7-16-17(12-21-18(14)16)15-8-10-24(11-9-15)20-19(25(26)27)22-13(2)23(20)3/h5-8,12,21H,4,9-11H2,1-3H3. The highest BCUT2D eigenvalue weighted by Gasteiger charge is 2.29. The molecule has 1 aliphatic heterocycles. The van der Waals surface area contributed by atoms with Gasteiger partial charge in [0.15, 0.2) is 0 Å². The molecule has 1 aliphatic rings. The zero-order valence-electron chi connectivity index (χ0n) is 15.8. The van der Waals surface area contributed by atoms with Crippen LogP contribution in [-0.4, -0.2) is 32.5 Å². The van der Waals surface area contributed by atoms with Crippen molar-refractivity contribution in [2.75, 3.05) is 18.0 Å². The zero-order chi connectivity index (χ0) is 19.1. The first kappa shape index (κ1) is 17.3. The van der Waals surface area contributed by atoms with Crippen molar-refractivity contribution in [2.24, 2.45) is 7.05 Å². The molecule has 0 aliphatic carbocycles. The molecule has 0 spiro atoms. The molecule has 4 rings (SSSR count). The van der Waals surface area contributed by atoms with Crippen LogP contribution in [0.2, 0.25) is 0 Å². The van der Waals surface area contributed by atoms with Crippen molar-refractivity contribution in [3.63, 3.8) is 0 Å². The Bertz CT molecular complexity index is 1060. The first-order valence-corrected chi connectivity index (χ1v) is 9.22. The molecule has 1 aromatic carbocycles. The van der Waals surface area contributed by atoms with Crippen molar-refractivity contribution >= 4 is 28.1 Å². The molecule has 27 heavy (non-hydrogen) atoms. The normalized spacial score (nSPS) is 14.6. The first-order valence-electron chi connectivity index (χ1n) is 9.22. The molecule has 140 valence electrons. The number of H-pyrrole nitrogens is 1. The fraction of sp³-hybridized carbons (Fsp3) is 0.350. The van der Waals surface area contributed by atoms with Gasteiger partial charge in [-0.15, -0.1) is 0 Å². The Kier molecular flexibility index (Phi) is 4.22. The summed E-state index contributed by atoms with van der Waals surface area (Å²) >= 11 is 0. The Morgan fingerprint density at radius 3 is 2.85 bits per heavy atom. The largest absolute Gasteiger partial charge is 0.406 e. The van der Waals surface area contributed by atoms with Crippen molar-refractivity contribution in [1.29, 1.82) is 0 Å². The molecule has 3 heterocycles. The molecule has 7 heteroatoms. The minimum absolute atomic E-state index is 0.0634. The monoisotopic (exact) mass is 365 g/mol. The average Bonchev–Trinajstić information content (AvgIpc) is 3.23. The van der Waals surface area contributed by atoms with Crippen LogP contribution in [0.3, 0.4) is 0 Å². The van der Waals surface area contributed by atoms with Gasteiger partial charge in [0.1, 0.15) is 0 Å². The molecule has 7 nitrogen and oxygen atoms in total. The lowest BCUT2D eigenvalue weighted by atomic mass is 9.97. The minimum Gasteiger partial charge on any atom is -0.360 e. The molecule has 1 N–H and O–H groups in total. The molecule has 2 aromatic heterocycles. The molecular formula is C20H23N5O2. The summed E-state index contributed by atoms with van der Waals surface area (Å²) < 4.78 is 1.80. The number of nitrogens with one attached hydrogen (secondary N) is 1. The number of rotatable bonds is 4. The van der Waals surface area contributed by atoms with Gasteiger partial charge in [-0.25, -0.2) is 0 Å². The Balaban J connectivity index is 1.67. The Hall–Kier alpha value is -3.09. The van der Waals surface area contributed by atoms with E-state index in [4.69, 9.17) is 0 Å². The summed E-state index contributed by atoms with van der Waals surface area (Å²) in [5, 5.41) is 12.6. The third-order valence-electron chi connectivity index (χ3n) is 5.48. The van der Waals surface area contributed by atoms with Crippen molar-refractivity contribution in [1.82, 2.24) is 14.5 Å². The lowest BCUT2D eigenvalue weighted by Crippen LogP contribution is -2.30. The summed E-state index contributed by atoms with van der Waals surface area (Å²) in [5.41, 5.74) is 5.04. The van der Waals surface area contributed by atoms with Crippen LogP contribution in [0.15, 0.2) is 30.5 Å². The van der Waals surface area contributed by atoms with Gasteiger partial charge in [-0.2, -0.15) is 0 Å². The number of aromatic nitrogens is 3. The number of aryl methyl sites for hydroxylation is 2. The van der Waals surface area contributed by atoms with Crippen LogP contribution < -0.4 is 4.90 Å². The number of hydrogen-bond acceptors (Lipinski definition) is 4. The number of imidazole rings is 1. The third kappa shape index (κ3) is 2.79. The number of nitro groups is 1. The second kappa shape index (κ2) is 6.57. The smallest absolute Gasteiger partial charge is 0.360 e. The predicted molar refractivity (Wildman–Crippen MR) is 107 cm³/mol. The second-order valence-electron chi connectivity index (χ2n) is 6.94. The molecule has 3 aromatic rings. The molecule has 0 saturated carbocycles. The number of nitrogens with zero attached hydrogens (tertiary/aromatic N) is 4. The summed E-state index contributed by atoms with van der Waals surface area (Å²) in [7, 11) is 1.83. The second-order valence-corrected chi connectivity index (χ2v) is 6.94. The van der Waals surface area contributed by atoms with Crippen LogP contribution in [0.5, 0.6) is 0 Å². The van der Waals surface area contributed by atoms with Gasteiger partial charge in [0.25, 0.3) is 0 Å². The third-order valence-corrected chi connectivity index (χ3v) is 5.48. The van der Waals surface area contributed by atoms with Crippen LogP contribution in [-0.2, 0) is 13.5 Å². The van der Waals surface area contributed by atoms with E-state index in [9.17, 15) is 10.1 Å². The first-order chi connectivity index (χ1) is 13.0. The molecule has 0 atom stereocenters. The summed E-state index contributed by atoms with van der Waals surface area (Å²) in [6.45, 7) is 5.32. The van der Waals surface area contributed by atoms with Crippen LogP contribution in [0.4, 0.5) is 11.6 Å². The van der Waals surface area contributed by atoms with E-state index in [1.165, 1.54) is 27.6 Å². The maximum Gasteiger partial charge on any atom is 0.406 e. The Labute approximate surface area is 157 Å². The molecule has 0 bridgehead atoms. The fourth-order valence-electron chi connectivity index (χ4n) is 3.94. The maximum atomic E-state index is 11.4. The van der Waals surface area contributed by atoms with Gasteiger partial charge in [-0.1, -0.05) is 31.2 Å². The van der Waals surface area contributed by atoms with E-state index in [1.807, 2.05) is 11.9 Å². The summed E-state index contributed by atoms with van der Waals surface area (Å²) in [4.78, 5) is 20.5. The van der Waals surface area contributed by atoms with Gasteiger partial charge >= 0.3 is 5.82 Å². The predicted octanol–water partition coefficient (Wildman–Crippen LogP) is 3.97. The van der Waals surface area contributed by atoms with E-state index < -0.39 is 4.92 Å². The summed E-state index contributed by atoms with van der Waals surface area (Å²) in [6, 6.07) is 6.42. The average molecular weight is 365 g/mol. The van der Waals surface area contributed by atoms with Crippen molar-refractivity contribution in [3.05, 3.63) is 57.5 Å². The van der Waals surface area contributed by atoms with E-state index in [-0.39, 0.29) is 5.82 Å². The minimum atomic E-state index is -0.395. The number of fused-ring (bicyclic) bond motifs is 1.